The van der Waals surface area contributed by atoms with Crippen LogP contribution in [0.4, 0.5) is 5.82 Å². The summed E-state index contributed by atoms with van der Waals surface area (Å²) in [6.07, 6.45) is 3.70. The van der Waals surface area contributed by atoms with Gasteiger partial charge in [0.25, 0.3) is 0 Å². The van der Waals surface area contributed by atoms with Crippen LogP contribution in [0.3, 0.4) is 0 Å². The predicted octanol–water partition coefficient (Wildman–Crippen LogP) is 1.88. The van der Waals surface area contributed by atoms with Crippen molar-refractivity contribution in [3.8, 4) is 0 Å². The van der Waals surface area contributed by atoms with Crippen molar-refractivity contribution in [1.29, 1.82) is 0 Å². The Kier molecular flexibility index (Phi) is 3.89. The van der Waals surface area contributed by atoms with Crippen molar-refractivity contribution in [2.45, 2.75) is 20.0 Å². The van der Waals surface area contributed by atoms with Crippen LogP contribution in [0.25, 0.3) is 0 Å². The van der Waals surface area contributed by atoms with Gasteiger partial charge in [-0.05, 0) is 30.2 Å². The number of aromatic nitrogens is 2. The molecule has 2 aromatic rings. The minimum Gasteiger partial charge on any atom is -0.354 e. The van der Waals surface area contributed by atoms with E-state index >= 15 is 0 Å². The summed E-state index contributed by atoms with van der Waals surface area (Å²) in [5, 5.41) is 0. The maximum Gasteiger partial charge on any atom is 0.128 e. The highest BCUT2D eigenvalue weighted by molar-refractivity contribution is 5.38. The summed E-state index contributed by atoms with van der Waals surface area (Å²) in [6.45, 7) is 3.30. The summed E-state index contributed by atoms with van der Waals surface area (Å²) in [6, 6.07) is 8.10. The fourth-order valence-electron chi connectivity index (χ4n) is 1.68. The number of anilines is 1. The lowest BCUT2D eigenvalue weighted by Gasteiger charge is -2.17. The number of nitrogens with zero attached hydrogens (tertiary/aromatic N) is 3. The lowest BCUT2D eigenvalue weighted by Crippen LogP contribution is -2.18. The molecule has 0 aromatic carbocycles. The maximum atomic E-state index is 5.55. The van der Waals surface area contributed by atoms with Crippen LogP contribution < -0.4 is 10.6 Å². The lowest BCUT2D eigenvalue weighted by molar-refractivity contribution is 0.861. The van der Waals surface area contributed by atoms with Gasteiger partial charge in [0.2, 0.25) is 0 Å². The Balaban J connectivity index is 2.06. The van der Waals surface area contributed by atoms with Gasteiger partial charge in [0.15, 0.2) is 0 Å². The molecule has 94 valence electrons. The van der Waals surface area contributed by atoms with Gasteiger partial charge in [-0.2, -0.15) is 0 Å². The largest absolute Gasteiger partial charge is 0.354 e. The summed E-state index contributed by atoms with van der Waals surface area (Å²) < 4.78 is 0. The molecule has 0 aliphatic rings. The van der Waals surface area contributed by atoms with Gasteiger partial charge in [-0.15, -0.1) is 0 Å². The Morgan fingerprint density at radius 2 is 1.94 bits per heavy atom. The van der Waals surface area contributed by atoms with Gasteiger partial charge in [0, 0.05) is 26.0 Å². The number of aryl methyl sites for hydroxylation is 1. The van der Waals surface area contributed by atoms with E-state index in [0.29, 0.717) is 6.54 Å². The van der Waals surface area contributed by atoms with Crippen molar-refractivity contribution >= 4 is 5.82 Å². The first-order valence-electron chi connectivity index (χ1n) is 5.96. The Hall–Kier alpha value is -1.94. The molecule has 0 aliphatic carbocycles. The van der Waals surface area contributed by atoms with Crippen molar-refractivity contribution in [3.05, 3.63) is 53.5 Å². The zero-order valence-electron chi connectivity index (χ0n) is 10.8. The van der Waals surface area contributed by atoms with Crippen LogP contribution in [0, 0.1) is 6.92 Å². The van der Waals surface area contributed by atoms with E-state index in [4.69, 9.17) is 5.73 Å². The zero-order chi connectivity index (χ0) is 13.0. The summed E-state index contributed by atoms with van der Waals surface area (Å²) in [5.74, 6) is 0.926. The molecule has 4 nitrogen and oxygen atoms in total. The molecule has 0 spiro atoms. The van der Waals surface area contributed by atoms with Crippen LogP contribution >= 0.6 is 0 Å². The van der Waals surface area contributed by atoms with Crippen molar-refractivity contribution in [2.24, 2.45) is 5.73 Å². The Morgan fingerprint density at radius 1 is 1.11 bits per heavy atom. The standard InChI is InChI=1S/C14H18N4/c1-11-3-5-13(16-8-11)10-18(2)14-6-4-12(7-15)9-17-14/h3-6,8-9H,7,10,15H2,1-2H3. The summed E-state index contributed by atoms with van der Waals surface area (Å²) in [7, 11) is 2.01. The first-order chi connectivity index (χ1) is 8.69. The molecule has 0 atom stereocenters. The molecule has 0 unspecified atom stereocenters. The normalized spacial score (nSPS) is 10.4. The van der Waals surface area contributed by atoms with E-state index in [9.17, 15) is 0 Å². The molecule has 2 aromatic heterocycles. The molecular formula is C14H18N4. The Bertz CT molecular complexity index is 490. The molecule has 0 saturated carbocycles. The molecule has 18 heavy (non-hydrogen) atoms. The van der Waals surface area contributed by atoms with Crippen molar-refractivity contribution in [1.82, 2.24) is 9.97 Å². The molecule has 2 heterocycles. The number of rotatable bonds is 4. The number of nitrogens with two attached hydrogens (primary N) is 1. The summed E-state index contributed by atoms with van der Waals surface area (Å²) >= 11 is 0. The van der Waals surface area contributed by atoms with E-state index in [1.807, 2.05) is 44.6 Å². The third kappa shape index (κ3) is 3.05. The maximum absolute atomic E-state index is 5.55. The fraction of sp³-hybridized carbons (Fsp3) is 0.286. The third-order valence-corrected chi connectivity index (χ3v) is 2.81. The SMILES string of the molecule is Cc1ccc(CN(C)c2ccc(CN)cn2)nc1. The Labute approximate surface area is 107 Å². The van der Waals surface area contributed by atoms with E-state index in [-0.39, 0.29) is 0 Å². The van der Waals surface area contributed by atoms with Crippen molar-refractivity contribution in [3.63, 3.8) is 0 Å². The molecule has 0 aliphatic heterocycles. The van der Waals surface area contributed by atoms with Gasteiger partial charge in [0.1, 0.15) is 5.82 Å². The van der Waals surface area contributed by atoms with Gasteiger partial charge < -0.3 is 10.6 Å². The smallest absolute Gasteiger partial charge is 0.128 e. The van der Waals surface area contributed by atoms with Crippen LogP contribution in [-0.2, 0) is 13.1 Å². The van der Waals surface area contributed by atoms with Gasteiger partial charge >= 0.3 is 0 Å². The molecule has 2 rings (SSSR count). The third-order valence-electron chi connectivity index (χ3n) is 2.81. The molecular weight excluding hydrogens is 224 g/mol. The quantitative estimate of drug-likeness (QED) is 0.889. The van der Waals surface area contributed by atoms with Crippen LogP contribution in [-0.4, -0.2) is 17.0 Å². The second kappa shape index (κ2) is 5.60. The number of hydrogen-bond donors (Lipinski definition) is 1. The predicted molar refractivity (Wildman–Crippen MR) is 73.2 cm³/mol. The van der Waals surface area contributed by atoms with Crippen LogP contribution in [0.5, 0.6) is 0 Å². The highest BCUT2D eigenvalue weighted by Crippen LogP contribution is 2.12. The van der Waals surface area contributed by atoms with E-state index in [1.165, 1.54) is 5.56 Å². The second-order valence-electron chi connectivity index (χ2n) is 4.41. The summed E-state index contributed by atoms with van der Waals surface area (Å²) in [4.78, 5) is 10.8. The number of hydrogen-bond acceptors (Lipinski definition) is 4. The first-order valence-corrected chi connectivity index (χ1v) is 5.96. The molecule has 4 heteroatoms. The van der Waals surface area contributed by atoms with E-state index in [0.717, 1.165) is 23.6 Å². The first kappa shape index (κ1) is 12.5. The highest BCUT2D eigenvalue weighted by Gasteiger charge is 2.04. The van der Waals surface area contributed by atoms with E-state index in [1.54, 1.807) is 0 Å². The van der Waals surface area contributed by atoms with Gasteiger partial charge in [-0.1, -0.05) is 12.1 Å². The van der Waals surface area contributed by atoms with Crippen molar-refractivity contribution in [2.75, 3.05) is 11.9 Å². The topological polar surface area (TPSA) is 55.0 Å². The van der Waals surface area contributed by atoms with Crippen molar-refractivity contribution < 1.29 is 0 Å². The summed E-state index contributed by atoms with van der Waals surface area (Å²) in [5.41, 5.74) is 8.80. The molecule has 2 N–H and O–H groups in total. The highest BCUT2D eigenvalue weighted by atomic mass is 15.2. The van der Waals surface area contributed by atoms with Crippen LogP contribution in [0.1, 0.15) is 16.8 Å². The number of pyridine rings is 2. The fourth-order valence-corrected chi connectivity index (χ4v) is 1.68. The van der Waals surface area contributed by atoms with Gasteiger partial charge in [-0.3, -0.25) is 4.98 Å². The minimum absolute atomic E-state index is 0.524. The van der Waals surface area contributed by atoms with Crippen LogP contribution in [0.2, 0.25) is 0 Å². The minimum atomic E-state index is 0.524. The van der Waals surface area contributed by atoms with Gasteiger partial charge in [-0.25, -0.2) is 4.98 Å². The average molecular weight is 242 g/mol. The monoisotopic (exact) mass is 242 g/mol. The molecule has 0 fully saturated rings. The van der Waals surface area contributed by atoms with E-state index in [2.05, 4.69) is 20.9 Å². The van der Waals surface area contributed by atoms with Gasteiger partial charge in [0.05, 0.1) is 12.2 Å². The van der Waals surface area contributed by atoms with E-state index < -0.39 is 0 Å². The average Bonchev–Trinajstić information content (AvgIpc) is 2.41. The van der Waals surface area contributed by atoms with Crippen LogP contribution in [0.15, 0.2) is 36.7 Å². The molecule has 0 radical (unpaired) electrons. The molecule has 0 amide bonds. The Morgan fingerprint density at radius 3 is 2.50 bits per heavy atom. The lowest BCUT2D eigenvalue weighted by atomic mass is 10.2. The zero-order valence-corrected chi connectivity index (χ0v) is 10.8. The second-order valence-corrected chi connectivity index (χ2v) is 4.41. The molecule has 0 bridgehead atoms. The molecule has 0 saturated heterocycles.